The highest BCUT2D eigenvalue weighted by Gasteiger charge is 2.05. The van der Waals surface area contributed by atoms with Gasteiger partial charge in [-0.15, -0.1) is 0 Å². The van der Waals surface area contributed by atoms with Crippen molar-refractivity contribution in [3.8, 4) is 5.75 Å². The Bertz CT molecular complexity index is 404. The lowest BCUT2D eigenvalue weighted by Gasteiger charge is -2.15. The molecule has 0 bridgehead atoms. The van der Waals surface area contributed by atoms with Gasteiger partial charge in [-0.2, -0.15) is 0 Å². The summed E-state index contributed by atoms with van der Waals surface area (Å²) in [5.41, 5.74) is 6.04. The summed E-state index contributed by atoms with van der Waals surface area (Å²) in [6, 6.07) is 8.17. The van der Waals surface area contributed by atoms with Crippen LogP contribution in [0.2, 0.25) is 0 Å². The minimum absolute atomic E-state index is 0.172. The van der Waals surface area contributed by atoms with Crippen molar-refractivity contribution >= 4 is 6.09 Å². The van der Waals surface area contributed by atoms with Gasteiger partial charge in [-0.3, -0.25) is 0 Å². The number of primary amides is 1. The molecule has 1 aromatic carbocycles. The molecule has 0 saturated carbocycles. The number of nitrogens with two attached hydrogens (primary N) is 1. The first-order valence-corrected chi connectivity index (χ1v) is 6.87. The van der Waals surface area contributed by atoms with Crippen molar-refractivity contribution in [3.05, 3.63) is 29.8 Å². The molecule has 1 aromatic rings. The van der Waals surface area contributed by atoms with Crippen molar-refractivity contribution in [1.29, 1.82) is 0 Å². The Morgan fingerprint density at radius 3 is 2.45 bits per heavy atom. The molecule has 0 radical (unpaired) electrons. The molecule has 5 heteroatoms. The number of hydrogen-bond donors (Lipinski definition) is 2. The van der Waals surface area contributed by atoms with Gasteiger partial charge in [0.1, 0.15) is 12.4 Å². The summed E-state index contributed by atoms with van der Waals surface area (Å²) in [6.07, 6.45) is -0.744. The molecular formula is C15H24N2O3. The minimum Gasteiger partial charge on any atom is -0.493 e. The molecular weight excluding hydrogens is 256 g/mol. The van der Waals surface area contributed by atoms with Gasteiger partial charge in [0.05, 0.1) is 6.61 Å². The third-order valence-corrected chi connectivity index (χ3v) is 2.76. The van der Waals surface area contributed by atoms with E-state index in [9.17, 15) is 4.79 Å². The van der Waals surface area contributed by atoms with Gasteiger partial charge in [0.2, 0.25) is 0 Å². The lowest BCUT2D eigenvalue weighted by Crippen LogP contribution is -2.25. The molecule has 0 aliphatic carbocycles. The number of ether oxygens (including phenoxy) is 2. The predicted molar refractivity (Wildman–Crippen MR) is 78.7 cm³/mol. The average molecular weight is 280 g/mol. The summed E-state index contributed by atoms with van der Waals surface area (Å²) in [7, 11) is 0. The van der Waals surface area contributed by atoms with Crippen LogP contribution < -0.4 is 15.8 Å². The van der Waals surface area contributed by atoms with E-state index in [4.69, 9.17) is 10.5 Å². The van der Waals surface area contributed by atoms with E-state index < -0.39 is 6.09 Å². The van der Waals surface area contributed by atoms with Gasteiger partial charge in [0.15, 0.2) is 0 Å². The van der Waals surface area contributed by atoms with Crippen molar-refractivity contribution in [3.63, 3.8) is 0 Å². The Morgan fingerprint density at radius 2 is 1.90 bits per heavy atom. The zero-order chi connectivity index (χ0) is 15.0. The lowest BCUT2D eigenvalue weighted by atomic mass is 10.1. The fourth-order valence-electron chi connectivity index (χ4n) is 1.66. The molecule has 0 aromatic heterocycles. The molecule has 1 rings (SSSR count). The molecule has 0 spiro atoms. The largest absolute Gasteiger partial charge is 0.493 e. The number of carbonyl (C=O) groups is 1. The first-order valence-electron chi connectivity index (χ1n) is 6.87. The first kappa shape index (κ1) is 16.3. The zero-order valence-electron chi connectivity index (χ0n) is 12.4. The van der Waals surface area contributed by atoms with Crippen LogP contribution in [-0.2, 0) is 4.74 Å². The summed E-state index contributed by atoms with van der Waals surface area (Å²) < 4.78 is 10.3. The smallest absolute Gasteiger partial charge is 0.404 e. The standard InChI is InChI=1S/C15H24N2O3/c1-11(2)10-20-14-6-4-13(5-7-14)12(3)17-8-9-19-15(16)18/h4-7,11-12,17H,8-10H2,1-3H3,(H2,16,18). The lowest BCUT2D eigenvalue weighted by molar-refractivity contribution is 0.156. The highest BCUT2D eigenvalue weighted by molar-refractivity contribution is 5.64. The van der Waals surface area contributed by atoms with Gasteiger partial charge in [0, 0.05) is 12.6 Å². The van der Waals surface area contributed by atoms with Gasteiger partial charge in [0.25, 0.3) is 0 Å². The molecule has 0 saturated heterocycles. The first-order chi connectivity index (χ1) is 9.49. The second-order valence-electron chi connectivity index (χ2n) is 5.12. The molecule has 5 nitrogen and oxygen atoms in total. The van der Waals surface area contributed by atoms with Crippen molar-refractivity contribution in [2.24, 2.45) is 11.7 Å². The molecule has 0 heterocycles. The number of carbonyl (C=O) groups excluding carboxylic acids is 1. The van der Waals surface area contributed by atoms with Crippen LogP contribution >= 0.6 is 0 Å². The Hall–Kier alpha value is -1.75. The fraction of sp³-hybridized carbons (Fsp3) is 0.533. The van der Waals surface area contributed by atoms with Gasteiger partial charge in [-0.25, -0.2) is 4.79 Å². The normalized spacial score (nSPS) is 12.2. The van der Waals surface area contributed by atoms with Crippen LogP contribution in [0.1, 0.15) is 32.4 Å². The maximum atomic E-state index is 10.4. The highest BCUT2D eigenvalue weighted by Crippen LogP contribution is 2.17. The van der Waals surface area contributed by atoms with Gasteiger partial charge < -0.3 is 20.5 Å². The maximum Gasteiger partial charge on any atom is 0.404 e. The van der Waals surface area contributed by atoms with Crippen LogP contribution in [0.4, 0.5) is 4.79 Å². The number of rotatable bonds is 8. The van der Waals surface area contributed by atoms with Crippen LogP contribution in [-0.4, -0.2) is 25.9 Å². The maximum absolute atomic E-state index is 10.4. The van der Waals surface area contributed by atoms with Crippen LogP contribution in [0.3, 0.4) is 0 Å². The summed E-state index contributed by atoms with van der Waals surface area (Å²) in [5, 5.41) is 3.25. The van der Waals surface area contributed by atoms with E-state index in [0.717, 1.165) is 17.9 Å². The molecule has 3 N–H and O–H groups in total. The Balaban J connectivity index is 2.37. The quantitative estimate of drug-likeness (QED) is 0.717. The second kappa shape index (κ2) is 8.43. The highest BCUT2D eigenvalue weighted by atomic mass is 16.5. The summed E-state index contributed by atoms with van der Waals surface area (Å²) >= 11 is 0. The van der Waals surface area contributed by atoms with Crippen LogP contribution in [0.25, 0.3) is 0 Å². The van der Waals surface area contributed by atoms with Gasteiger partial charge in [-0.05, 0) is 30.5 Å². The third-order valence-electron chi connectivity index (χ3n) is 2.76. The molecule has 112 valence electrons. The van der Waals surface area contributed by atoms with E-state index in [2.05, 4.69) is 23.9 Å². The van der Waals surface area contributed by atoms with E-state index in [1.165, 1.54) is 0 Å². The minimum atomic E-state index is -0.744. The number of hydrogen-bond acceptors (Lipinski definition) is 4. The second-order valence-corrected chi connectivity index (χ2v) is 5.12. The topological polar surface area (TPSA) is 73.6 Å². The Kier molecular flexibility index (Phi) is 6.87. The molecule has 1 amide bonds. The number of amides is 1. The Morgan fingerprint density at radius 1 is 1.25 bits per heavy atom. The molecule has 0 aliphatic heterocycles. The molecule has 20 heavy (non-hydrogen) atoms. The van der Waals surface area contributed by atoms with Crippen molar-refractivity contribution < 1.29 is 14.3 Å². The summed E-state index contributed by atoms with van der Waals surface area (Å²) in [4.78, 5) is 10.4. The van der Waals surface area contributed by atoms with E-state index in [0.29, 0.717) is 12.5 Å². The van der Waals surface area contributed by atoms with E-state index in [1.54, 1.807) is 0 Å². The SMILES string of the molecule is CC(C)COc1ccc(C(C)NCCOC(N)=O)cc1. The van der Waals surface area contributed by atoms with Gasteiger partial charge in [-0.1, -0.05) is 26.0 Å². The molecule has 0 aliphatic rings. The third kappa shape index (κ3) is 6.43. The summed E-state index contributed by atoms with van der Waals surface area (Å²) in [5.74, 6) is 1.40. The van der Waals surface area contributed by atoms with E-state index in [-0.39, 0.29) is 12.6 Å². The van der Waals surface area contributed by atoms with Crippen molar-refractivity contribution in [2.45, 2.75) is 26.8 Å². The number of nitrogens with one attached hydrogen (secondary N) is 1. The van der Waals surface area contributed by atoms with E-state index >= 15 is 0 Å². The molecule has 0 fully saturated rings. The van der Waals surface area contributed by atoms with E-state index in [1.807, 2.05) is 31.2 Å². The van der Waals surface area contributed by atoms with Gasteiger partial charge >= 0.3 is 6.09 Å². The van der Waals surface area contributed by atoms with Crippen LogP contribution in [0.5, 0.6) is 5.75 Å². The van der Waals surface area contributed by atoms with Crippen molar-refractivity contribution in [1.82, 2.24) is 5.32 Å². The monoisotopic (exact) mass is 280 g/mol. The molecule has 1 atom stereocenters. The fourth-order valence-corrected chi connectivity index (χ4v) is 1.66. The summed E-state index contributed by atoms with van der Waals surface area (Å²) in [6.45, 7) is 7.85. The average Bonchev–Trinajstić information content (AvgIpc) is 2.41. The number of benzene rings is 1. The zero-order valence-corrected chi connectivity index (χ0v) is 12.4. The van der Waals surface area contributed by atoms with Crippen LogP contribution in [0, 0.1) is 5.92 Å². The predicted octanol–water partition coefficient (Wildman–Crippen LogP) is 2.47. The molecule has 1 unspecified atom stereocenters. The van der Waals surface area contributed by atoms with Crippen LogP contribution in [0.15, 0.2) is 24.3 Å². The Labute approximate surface area is 120 Å². The van der Waals surface area contributed by atoms with Crippen molar-refractivity contribution in [2.75, 3.05) is 19.8 Å².